The first-order valence-electron chi connectivity index (χ1n) is 9.82. The lowest BCUT2D eigenvalue weighted by molar-refractivity contribution is -0.121. The van der Waals surface area contributed by atoms with Gasteiger partial charge in [-0.2, -0.15) is 0 Å². The molecule has 1 aliphatic rings. The first-order chi connectivity index (χ1) is 12.7. The van der Waals surface area contributed by atoms with E-state index in [0.717, 1.165) is 31.1 Å². The summed E-state index contributed by atoms with van der Waals surface area (Å²) < 4.78 is 25.8. The summed E-state index contributed by atoms with van der Waals surface area (Å²) in [5.74, 6) is 0.639. The van der Waals surface area contributed by atoms with Crippen molar-refractivity contribution in [3.05, 3.63) is 24.3 Å². The van der Waals surface area contributed by atoms with Gasteiger partial charge in [-0.15, -0.1) is 0 Å². The Morgan fingerprint density at radius 1 is 1.26 bits per heavy atom. The monoisotopic (exact) mass is 395 g/mol. The van der Waals surface area contributed by atoms with Crippen LogP contribution < -0.4 is 14.5 Å². The van der Waals surface area contributed by atoms with Crippen molar-refractivity contribution < 1.29 is 13.2 Å². The number of piperidine rings is 1. The van der Waals surface area contributed by atoms with Crippen LogP contribution in [0.5, 0.6) is 0 Å². The fourth-order valence-corrected chi connectivity index (χ4v) is 4.16. The van der Waals surface area contributed by atoms with Crippen LogP contribution in [-0.4, -0.2) is 46.3 Å². The second-order valence-corrected chi connectivity index (χ2v) is 9.55. The summed E-state index contributed by atoms with van der Waals surface area (Å²) in [6.07, 6.45) is 4.53. The maximum absolute atomic E-state index is 12.2. The third kappa shape index (κ3) is 6.41. The molecule has 0 radical (unpaired) electrons. The zero-order valence-corrected chi connectivity index (χ0v) is 17.8. The lowest BCUT2D eigenvalue weighted by atomic mass is 9.99. The molecule has 0 spiro atoms. The van der Waals surface area contributed by atoms with Gasteiger partial charge >= 0.3 is 0 Å². The molecule has 2 rings (SSSR count). The highest BCUT2D eigenvalue weighted by Gasteiger charge is 2.20. The molecule has 1 aromatic rings. The van der Waals surface area contributed by atoms with E-state index in [1.807, 2.05) is 38.1 Å². The van der Waals surface area contributed by atoms with E-state index in [1.165, 1.54) is 23.4 Å². The molecule has 1 fully saturated rings. The van der Waals surface area contributed by atoms with Crippen LogP contribution in [0, 0.1) is 5.92 Å². The van der Waals surface area contributed by atoms with Crippen molar-refractivity contribution in [3.8, 4) is 0 Å². The molecule has 152 valence electrons. The molecule has 6 nitrogen and oxygen atoms in total. The summed E-state index contributed by atoms with van der Waals surface area (Å²) in [5.41, 5.74) is 1.72. The predicted octanol–water partition coefficient (Wildman–Crippen LogP) is 2.99. The quantitative estimate of drug-likeness (QED) is 0.735. The smallest absolute Gasteiger partial charge is 0.232 e. The Hall–Kier alpha value is -1.76. The van der Waals surface area contributed by atoms with Gasteiger partial charge in [0.2, 0.25) is 15.9 Å². The summed E-state index contributed by atoms with van der Waals surface area (Å²) in [6.45, 7) is 8.42. The topological polar surface area (TPSA) is 69.7 Å². The standard InChI is InChI=1S/C20H33N3O3S/c1-5-17(3)21-20(24)12-15-23(27(4,25)26)19-8-6-18(7-9-19)22-13-10-16(2)11-14-22/h6-9,16-17H,5,10-15H2,1-4H3,(H,21,24). The fourth-order valence-electron chi connectivity index (χ4n) is 3.24. The highest BCUT2D eigenvalue weighted by Crippen LogP contribution is 2.26. The molecule has 1 unspecified atom stereocenters. The number of sulfonamides is 1. The van der Waals surface area contributed by atoms with Crippen molar-refractivity contribution >= 4 is 27.3 Å². The predicted molar refractivity (Wildman–Crippen MR) is 112 cm³/mol. The minimum absolute atomic E-state index is 0.0933. The molecule has 0 aromatic heterocycles. The van der Waals surface area contributed by atoms with E-state index in [2.05, 4.69) is 17.1 Å². The number of hydrogen-bond acceptors (Lipinski definition) is 4. The van der Waals surface area contributed by atoms with Crippen LogP contribution in [0.15, 0.2) is 24.3 Å². The van der Waals surface area contributed by atoms with Crippen molar-refractivity contribution in [1.29, 1.82) is 0 Å². The Morgan fingerprint density at radius 3 is 2.37 bits per heavy atom. The minimum Gasteiger partial charge on any atom is -0.372 e. The maximum atomic E-state index is 12.2. The van der Waals surface area contributed by atoms with Crippen LogP contribution in [0.3, 0.4) is 0 Å². The molecular weight excluding hydrogens is 362 g/mol. The van der Waals surface area contributed by atoms with Crippen molar-refractivity contribution in [2.75, 3.05) is 35.1 Å². The number of amides is 1. The zero-order valence-electron chi connectivity index (χ0n) is 16.9. The van der Waals surface area contributed by atoms with E-state index in [-0.39, 0.29) is 24.9 Å². The molecule has 27 heavy (non-hydrogen) atoms. The summed E-state index contributed by atoms with van der Waals surface area (Å²) in [6, 6.07) is 7.71. The normalized spacial score (nSPS) is 16.8. The van der Waals surface area contributed by atoms with Crippen molar-refractivity contribution in [2.24, 2.45) is 5.92 Å². The minimum atomic E-state index is -3.45. The zero-order chi connectivity index (χ0) is 20.0. The number of nitrogens with one attached hydrogen (secondary N) is 1. The molecule has 1 atom stereocenters. The van der Waals surface area contributed by atoms with E-state index in [0.29, 0.717) is 5.69 Å². The average molecular weight is 396 g/mol. The largest absolute Gasteiger partial charge is 0.372 e. The number of carbonyl (C=O) groups is 1. The van der Waals surface area contributed by atoms with Gasteiger partial charge in [0, 0.05) is 37.8 Å². The SMILES string of the molecule is CCC(C)NC(=O)CCN(c1ccc(N2CCC(C)CC2)cc1)S(C)(=O)=O. The Balaban J connectivity index is 2.05. The molecule has 1 aliphatic heterocycles. The van der Waals surface area contributed by atoms with Crippen LogP contribution >= 0.6 is 0 Å². The molecule has 1 aromatic carbocycles. The Kier molecular flexibility index (Phi) is 7.53. The molecule has 1 N–H and O–H groups in total. The molecule has 0 aliphatic carbocycles. The third-order valence-corrected chi connectivity index (χ3v) is 6.44. The lowest BCUT2D eigenvalue weighted by Crippen LogP contribution is -2.37. The molecule has 1 amide bonds. The summed E-state index contributed by atoms with van der Waals surface area (Å²) in [5, 5.41) is 2.88. The number of nitrogens with zero attached hydrogens (tertiary/aromatic N) is 2. The molecule has 1 saturated heterocycles. The molecule has 7 heteroatoms. The van der Waals surface area contributed by atoms with E-state index in [4.69, 9.17) is 0 Å². The first kappa shape index (κ1) is 21.5. The summed E-state index contributed by atoms with van der Waals surface area (Å²) in [4.78, 5) is 14.4. The second kappa shape index (κ2) is 9.44. The highest BCUT2D eigenvalue weighted by molar-refractivity contribution is 7.92. The second-order valence-electron chi connectivity index (χ2n) is 7.65. The Labute approximate surface area is 164 Å². The van der Waals surface area contributed by atoms with Gasteiger partial charge in [0.25, 0.3) is 0 Å². The lowest BCUT2D eigenvalue weighted by Gasteiger charge is -2.32. The van der Waals surface area contributed by atoms with Gasteiger partial charge in [-0.3, -0.25) is 9.10 Å². The average Bonchev–Trinajstić information content (AvgIpc) is 2.62. The van der Waals surface area contributed by atoms with Gasteiger partial charge in [-0.05, 0) is 56.4 Å². The number of hydrogen-bond donors (Lipinski definition) is 1. The Bertz CT molecular complexity index is 710. The van der Waals surface area contributed by atoms with Gasteiger partial charge in [0.1, 0.15) is 0 Å². The number of carbonyl (C=O) groups excluding carboxylic acids is 1. The van der Waals surface area contributed by atoms with E-state index >= 15 is 0 Å². The van der Waals surface area contributed by atoms with Crippen LogP contribution in [0.4, 0.5) is 11.4 Å². The van der Waals surface area contributed by atoms with Gasteiger partial charge < -0.3 is 10.2 Å². The van der Waals surface area contributed by atoms with Crippen molar-refractivity contribution in [3.63, 3.8) is 0 Å². The number of benzene rings is 1. The van der Waals surface area contributed by atoms with Crippen LogP contribution in [-0.2, 0) is 14.8 Å². The van der Waals surface area contributed by atoms with Gasteiger partial charge in [-0.1, -0.05) is 13.8 Å². The van der Waals surface area contributed by atoms with Gasteiger partial charge in [-0.25, -0.2) is 8.42 Å². The Morgan fingerprint density at radius 2 is 1.85 bits per heavy atom. The van der Waals surface area contributed by atoms with Crippen molar-refractivity contribution in [2.45, 2.75) is 52.5 Å². The van der Waals surface area contributed by atoms with Crippen LogP contribution in [0.2, 0.25) is 0 Å². The molecule has 1 heterocycles. The van der Waals surface area contributed by atoms with E-state index in [9.17, 15) is 13.2 Å². The van der Waals surface area contributed by atoms with Gasteiger partial charge in [0.05, 0.1) is 11.9 Å². The third-order valence-electron chi connectivity index (χ3n) is 5.25. The van der Waals surface area contributed by atoms with E-state index < -0.39 is 10.0 Å². The maximum Gasteiger partial charge on any atom is 0.232 e. The van der Waals surface area contributed by atoms with Gasteiger partial charge in [0.15, 0.2) is 0 Å². The molecule has 0 saturated carbocycles. The fraction of sp³-hybridized carbons (Fsp3) is 0.650. The number of rotatable bonds is 8. The molecule has 0 bridgehead atoms. The molecular formula is C20H33N3O3S. The number of anilines is 2. The van der Waals surface area contributed by atoms with Crippen LogP contribution in [0.1, 0.15) is 46.5 Å². The first-order valence-corrected chi connectivity index (χ1v) is 11.7. The van der Waals surface area contributed by atoms with E-state index in [1.54, 1.807) is 0 Å². The summed E-state index contributed by atoms with van der Waals surface area (Å²) in [7, 11) is -3.45. The van der Waals surface area contributed by atoms with Crippen molar-refractivity contribution in [1.82, 2.24) is 5.32 Å². The van der Waals surface area contributed by atoms with Crippen LogP contribution in [0.25, 0.3) is 0 Å². The highest BCUT2D eigenvalue weighted by atomic mass is 32.2. The summed E-state index contributed by atoms with van der Waals surface area (Å²) >= 11 is 0.